The molecule has 10 heteroatoms. The number of anilines is 3. The van der Waals surface area contributed by atoms with E-state index in [9.17, 15) is 9.59 Å². The number of rotatable bonds is 7. The number of pyridine rings is 1. The van der Waals surface area contributed by atoms with Crippen molar-refractivity contribution in [3.63, 3.8) is 0 Å². The molecule has 4 N–H and O–H groups in total. The van der Waals surface area contributed by atoms with Gasteiger partial charge < -0.3 is 21.3 Å². The van der Waals surface area contributed by atoms with Crippen molar-refractivity contribution in [2.45, 2.75) is 59.0 Å². The Labute approximate surface area is 265 Å². The average molecular weight is 628 g/mol. The molecule has 0 spiro atoms. The van der Waals surface area contributed by atoms with Crippen LogP contribution in [0.2, 0.25) is 10.0 Å². The molecule has 3 heterocycles. The van der Waals surface area contributed by atoms with Crippen molar-refractivity contribution in [2.24, 2.45) is 5.92 Å². The van der Waals surface area contributed by atoms with Gasteiger partial charge in [-0.3, -0.25) is 14.5 Å². The van der Waals surface area contributed by atoms with E-state index in [0.29, 0.717) is 22.9 Å². The van der Waals surface area contributed by atoms with Crippen molar-refractivity contribution in [3.05, 3.63) is 82.0 Å². The number of carbonyl (C=O) groups is 2. The van der Waals surface area contributed by atoms with E-state index in [4.69, 9.17) is 28.9 Å². The quantitative estimate of drug-likeness (QED) is 0.247. The normalized spacial score (nSPS) is 15.8. The van der Waals surface area contributed by atoms with Crippen LogP contribution in [-0.4, -0.2) is 59.3 Å². The van der Waals surface area contributed by atoms with Gasteiger partial charge in [-0.05, 0) is 93.7 Å². The van der Waals surface area contributed by atoms with Crippen LogP contribution in [0.15, 0.2) is 60.8 Å². The van der Waals surface area contributed by atoms with Crippen LogP contribution in [0, 0.1) is 12.8 Å². The Morgan fingerprint density at radius 3 is 2.19 bits per heavy atom. The predicted octanol–water partition coefficient (Wildman–Crippen LogP) is 6.88. The third-order valence-electron chi connectivity index (χ3n) is 7.56. The lowest BCUT2D eigenvalue weighted by Gasteiger charge is -2.37. The second-order valence-corrected chi connectivity index (χ2v) is 11.5. The Bertz CT molecular complexity index is 1270. The second kappa shape index (κ2) is 17.7. The number of amides is 2. The monoisotopic (exact) mass is 626 g/mol. The molecule has 43 heavy (non-hydrogen) atoms. The standard InChI is InChI=1S/C24H31ClN6O2.C7H7Cl.C2H6/c25-19-1-2-21(22(14-19)28-16-32)29-20-6-11-31(12-7-20)24(33)18-4-9-30(10-5-18)15-17-3-8-27-23(26)13-17;1-6-2-4-7(8)5-3-6;1-2/h1-3,8,13-14,16,18,20,29H,4-7,9-12,15H2,(H2,26,27)(H,28,32);2-5H,1H3;1-2H3. The number of nitrogens with two attached hydrogens (primary N) is 1. The van der Waals surface area contributed by atoms with Crippen molar-refractivity contribution >= 4 is 52.7 Å². The number of hydrogen-bond donors (Lipinski definition) is 3. The number of piperidine rings is 2. The van der Waals surface area contributed by atoms with Crippen molar-refractivity contribution in [2.75, 3.05) is 42.5 Å². The molecule has 0 bridgehead atoms. The van der Waals surface area contributed by atoms with Crippen LogP contribution < -0.4 is 16.4 Å². The molecule has 2 saturated heterocycles. The van der Waals surface area contributed by atoms with Gasteiger partial charge in [0.05, 0.1) is 11.4 Å². The first-order valence-corrected chi connectivity index (χ1v) is 15.8. The molecule has 5 rings (SSSR count). The summed E-state index contributed by atoms with van der Waals surface area (Å²) in [5.41, 5.74) is 9.70. The molecular formula is C33H44Cl2N6O2. The number of nitrogen functional groups attached to an aromatic ring is 1. The molecule has 232 valence electrons. The van der Waals surface area contributed by atoms with Gasteiger partial charge in [0.1, 0.15) is 5.82 Å². The number of nitrogens with zero attached hydrogens (tertiary/aromatic N) is 3. The van der Waals surface area contributed by atoms with Gasteiger partial charge in [-0.2, -0.15) is 0 Å². The van der Waals surface area contributed by atoms with Crippen LogP contribution in [0.25, 0.3) is 0 Å². The van der Waals surface area contributed by atoms with Gasteiger partial charge >= 0.3 is 0 Å². The number of hydrogen-bond acceptors (Lipinski definition) is 6. The van der Waals surface area contributed by atoms with Crippen LogP contribution in [0.4, 0.5) is 17.2 Å². The zero-order valence-electron chi connectivity index (χ0n) is 25.4. The molecule has 0 atom stereocenters. The van der Waals surface area contributed by atoms with E-state index in [2.05, 4.69) is 20.5 Å². The maximum absolute atomic E-state index is 13.1. The second-order valence-electron chi connectivity index (χ2n) is 10.6. The number of benzene rings is 2. The largest absolute Gasteiger partial charge is 0.384 e. The lowest BCUT2D eigenvalue weighted by atomic mass is 9.93. The summed E-state index contributed by atoms with van der Waals surface area (Å²) in [7, 11) is 0. The van der Waals surface area contributed by atoms with E-state index in [1.807, 2.05) is 68.1 Å². The summed E-state index contributed by atoms with van der Waals surface area (Å²) in [6.07, 6.45) is 5.92. The summed E-state index contributed by atoms with van der Waals surface area (Å²) in [4.78, 5) is 32.4. The topological polar surface area (TPSA) is 104 Å². The minimum atomic E-state index is 0.105. The molecule has 8 nitrogen and oxygen atoms in total. The smallest absolute Gasteiger partial charge is 0.225 e. The molecule has 0 aliphatic carbocycles. The Hall–Kier alpha value is -3.33. The van der Waals surface area contributed by atoms with E-state index in [-0.39, 0.29) is 17.9 Å². The third-order valence-corrected chi connectivity index (χ3v) is 8.05. The molecule has 0 saturated carbocycles. The Morgan fingerprint density at radius 1 is 0.930 bits per heavy atom. The molecule has 2 aliphatic rings. The molecule has 0 radical (unpaired) electrons. The summed E-state index contributed by atoms with van der Waals surface area (Å²) in [5.74, 6) is 0.937. The first-order valence-electron chi connectivity index (χ1n) is 15.0. The zero-order valence-corrected chi connectivity index (χ0v) is 26.9. The Balaban J connectivity index is 0.000000433. The fourth-order valence-electron chi connectivity index (χ4n) is 5.27. The van der Waals surface area contributed by atoms with Crippen molar-refractivity contribution in [3.8, 4) is 0 Å². The first kappa shape index (κ1) is 34.2. The predicted molar refractivity (Wildman–Crippen MR) is 179 cm³/mol. The highest BCUT2D eigenvalue weighted by Crippen LogP contribution is 2.29. The number of carbonyl (C=O) groups excluding carboxylic acids is 2. The van der Waals surface area contributed by atoms with Crippen LogP contribution in [0.3, 0.4) is 0 Å². The van der Waals surface area contributed by atoms with Gasteiger partial charge in [0.15, 0.2) is 0 Å². The third kappa shape index (κ3) is 11.0. The number of nitrogens with one attached hydrogen (secondary N) is 2. The summed E-state index contributed by atoms with van der Waals surface area (Å²) in [6.45, 7) is 10.2. The molecule has 0 unspecified atom stereocenters. The van der Waals surface area contributed by atoms with Crippen molar-refractivity contribution in [1.29, 1.82) is 0 Å². The van der Waals surface area contributed by atoms with Gasteiger partial charge in [0.2, 0.25) is 12.3 Å². The summed E-state index contributed by atoms with van der Waals surface area (Å²) < 4.78 is 0. The number of halogens is 2. The maximum atomic E-state index is 13.1. The van der Waals surface area contributed by atoms with Crippen molar-refractivity contribution in [1.82, 2.24) is 14.8 Å². The molecule has 1 aromatic heterocycles. The fraction of sp³-hybridized carbons (Fsp3) is 0.424. The molecular weight excluding hydrogens is 583 g/mol. The van der Waals surface area contributed by atoms with Crippen molar-refractivity contribution < 1.29 is 9.59 Å². The summed E-state index contributed by atoms with van der Waals surface area (Å²) in [5, 5.41) is 7.56. The highest BCUT2D eigenvalue weighted by Gasteiger charge is 2.31. The number of likely N-dealkylation sites (tertiary alicyclic amines) is 2. The van der Waals surface area contributed by atoms with Gasteiger partial charge in [-0.1, -0.05) is 54.7 Å². The maximum Gasteiger partial charge on any atom is 0.225 e. The van der Waals surface area contributed by atoms with Gasteiger partial charge in [-0.25, -0.2) is 4.98 Å². The van der Waals surface area contributed by atoms with E-state index in [1.165, 1.54) is 5.56 Å². The minimum Gasteiger partial charge on any atom is -0.384 e. The molecule has 2 aliphatic heterocycles. The van der Waals surface area contributed by atoms with E-state index < -0.39 is 0 Å². The van der Waals surface area contributed by atoms with E-state index in [0.717, 1.165) is 74.7 Å². The molecule has 2 aromatic carbocycles. The van der Waals surface area contributed by atoms with Crippen LogP contribution >= 0.6 is 23.2 Å². The Morgan fingerprint density at radius 2 is 1.58 bits per heavy atom. The van der Waals surface area contributed by atoms with Gasteiger partial charge in [-0.15, -0.1) is 0 Å². The number of aryl methyl sites for hydroxylation is 1. The lowest BCUT2D eigenvalue weighted by molar-refractivity contribution is -0.138. The molecule has 2 amide bonds. The van der Waals surface area contributed by atoms with Gasteiger partial charge in [0, 0.05) is 47.8 Å². The van der Waals surface area contributed by atoms with Crippen LogP contribution in [0.1, 0.15) is 50.7 Å². The molecule has 2 fully saturated rings. The minimum absolute atomic E-state index is 0.105. The first-order chi connectivity index (χ1) is 20.8. The lowest BCUT2D eigenvalue weighted by Crippen LogP contribution is -2.47. The SMILES string of the molecule is CC.Cc1ccc(Cl)cc1.Nc1cc(CN2CCC(C(=O)N3CCC(Nc4ccc(Cl)cc4NC=O)CC3)CC2)ccn1. The average Bonchev–Trinajstić information content (AvgIpc) is 3.02. The number of aromatic nitrogens is 1. The van der Waals surface area contributed by atoms with Crippen LogP contribution in [-0.2, 0) is 16.1 Å². The summed E-state index contributed by atoms with van der Waals surface area (Å²) in [6, 6.07) is 17.3. The highest BCUT2D eigenvalue weighted by molar-refractivity contribution is 6.31. The van der Waals surface area contributed by atoms with Gasteiger partial charge in [0.25, 0.3) is 0 Å². The van der Waals surface area contributed by atoms with E-state index >= 15 is 0 Å². The highest BCUT2D eigenvalue weighted by atomic mass is 35.5. The fourth-order valence-corrected chi connectivity index (χ4v) is 5.57. The zero-order chi connectivity index (χ0) is 31.2. The van der Waals surface area contributed by atoms with E-state index in [1.54, 1.807) is 18.3 Å². The molecule has 3 aromatic rings. The Kier molecular flexibility index (Phi) is 14.1. The van der Waals surface area contributed by atoms with Crippen LogP contribution in [0.5, 0.6) is 0 Å². The summed E-state index contributed by atoms with van der Waals surface area (Å²) >= 11 is 11.7.